The molecule has 3 rings (SSSR count). The maximum absolute atomic E-state index is 13.2. The fourth-order valence-electron chi connectivity index (χ4n) is 3.75. The van der Waals surface area contributed by atoms with E-state index in [0.717, 1.165) is 46.4 Å². The average Bonchev–Trinajstić information content (AvgIpc) is 2.65. The molecule has 3 aromatic rings. The third-order valence-corrected chi connectivity index (χ3v) is 5.25. The van der Waals surface area contributed by atoms with E-state index in [-0.39, 0.29) is 17.5 Å². The maximum Gasteiger partial charge on any atom is 0.164 e. The van der Waals surface area contributed by atoms with Gasteiger partial charge in [-0.2, -0.15) is 0 Å². The number of ketones is 2. The molecule has 0 aliphatic rings. The summed E-state index contributed by atoms with van der Waals surface area (Å²) in [6, 6.07) is 18.3. The minimum Gasteiger partial charge on any atom is -0.300 e. The van der Waals surface area contributed by atoms with Gasteiger partial charge in [-0.3, -0.25) is 9.59 Å². The number of rotatable bonds is 8. The van der Waals surface area contributed by atoms with Crippen molar-refractivity contribution >= 4 is 33.1 Å². The molecule has 0 saturated carbocycles. The molecule has 0 bridgehead atoms. The summed E-state index contributed by atoms with van der Waals surface area (Å²) in [6.45, 7) is 3.78. The molecule has 0 N–H and O–H groups in total. The molecule has 0 amide bonds. The topological polar surface area (TPSA) is 34.1 Å². The number of unbranched alkanes of at least 4 members (excludes halogenated alkanes) is 1. The third kappa shape index (κ3) is 3.85. The highest BCUT2D eigenvalue weighted by Gasteiger charge is 2.19. The Bertz CT molecular complexity index is 885. The summed E-state index contributed by atoms with van der Waals surface area (Å²) in [5.41, 5.74) is 0.802. The lowest BCUT2D eigenvalue weighted by atomic mass is 9.88. The Morgan fingerprint density at radius 1 is 0.885 bits per heavy atom. The number of carbonyl (C=O) groups is 2. The molecule has 0 aromatic heterocycles. The molecule has 2 nitrogen and oxygen atoms in total. The fourth-order valence-corrected chi connectivity index (χ4v) is 3.75. The van der Waals surface area contributed by atoms with Crippen molar-refractivity contribution in [1.82, 2.24) is 0 Å². The minimum atomic E-state index is 0.000130. The molecule has 2 heteroatoms. The van der Waals surface area contributed by atoms with Gasteiger partial charge in [0.2, 0.25) is 0 Å². The summed E-state index contributed by atoms with van der Waals surface area (Å²) in [4.78, 5) is 25.1. The molecule has 3 aromatic carbocycles. The van der Waals surface area contributed by atoms with Crippen LogP contribution in [0.4, 0.5) is 0 Å². The molecule has 1 unspecified atom stereocenters. The van der Waals surface area contributed by atoms with Crippen LogP contribution in [0.25, 0.3) is 21.5 Å². The maximum atomic E-state index is 13.2. The van der Waals surface area contributed by atoms with Crippen LogP contribution in [0.5, 0.6) is 0 Å². The van der Waals surface area contributed by atoms with Crippen molar-refractivity contribution in [3.05, 3.63) is 60.2 Å². The average molecular weight is 346 g/mol. The lowest BCUT2D eigenvalue weighted by Crippen LogP contribution is -2.13. The van der Waals surface area contributed by atoms with Crippen LogP contribution in [0.2, 0.25) is 0 Å². The number of hydrogen-bond acceptors (Lipinski definition) is 2. The van der Waals surface area contributed by atoms with Gasteiger partial charge < -0.3 is 0 Å². The molecule has 0 aliphatic carbocycles. The Morgan fingerprint density at radius 3 is 2.00 bits per heavy atom. The fraction of sp³-hybridized carbons (Fsp3) is 0.333. The molecule has 0 saturated heterocycles. The summed E-state index contributed by atoms with van der Waals surface area (Å²) in [7, 11) is 0. The Labute approximate surface area is 155 Å². The zero-order valence-electron chi connectivity index (χ0n) is 15.6. The van der Waals surface area contributed by atoms with Crippen LogP contribution in [0.1, 0.15) is 56.3 Å². The zero-order valence-corrected chi connectivity index (χ0v) is 15.6. The van der Waals surface area contributed by atoms with Gasteiger partial charge in [0.05, 0.1) is 0 Å². The normalized spacial score (nSPS) is 12.4. The summed E-state index contributed by atoms with van der Waals surface area (Å²) >= 11 is 0. The lowest BCUT2D eigenvalue weighted by Gasteiger charge is -2.14. The second-order valence-corrected chi connectivity index (χ2v) is 7.11. The second kappa shape index (κ2) is 8.27. The van der Waals surface area contributed by atoms with E-state index < -0.39 is 0 Å². The van der Waals surface area contributed by atoms with Crippen molar-refractivity contribution in [1.29, 1.82) is 0 Å². The van der Waals surface area contributed by atoms with E-state index in [4.69, 9.17) is 0 Å². The van der Waals surface area contributed by atoms with E-state index in [2.05, 4.69) is 25.1 Å². The quantitative estimate of drug-likeness (QED) is 0.352. The first kappa shape index (κ1) is 18.3. The largest absolute Gasteiger partial charge is 0.300 e. The molecule has 26 heavy (non-hydrogen) atoms. The predicted molar refractivity (Wildman–Crippen MR) is 109 cm³/mol. The van der Waals surface area contributed by atoms with Gasteiger partial charge >= 0.3 is 0 Å². The summed E-state index contributed by atoms with van der Waals surface area (Å²) < 4.78 is 0. The molecule has 0 heterocycles. The van der Waals surface area contributed by atoms with Gasteiger partial charge in [0.25, 0.3) is 0 Å². The smallest absolute Gasteiger partial charge is 0.164 e. The number of carbonyl (C=O) groups excluding carboxylic acids is 2. The van der Waals surface area contributed by atoms with Gasteiger partial charge in [-0.25, -0.2) is 0 Å². The van der Waals surface area contributed by atoms with Crippen LogP contribution in [0, 0.1) is 5.92 Å². The van der Waals surface area contributed by atoms with Crippen molar-refractivity contribution < 1.29 is 9.59 Å². The number of hydrogen-bond donors (Lipinski definition) is 0. The molecular formula is C24H26O2. The predicted octanol–water partition coefficient (Wildman–Crippen LogP) is 6.35. The second-order valence-electron chi connectivity index (χ2n) is 7.11. The van der Waals surface area contributed by atoms with Crippen molar-refractivity contribution in [3.63, 3.8) is 0 Å². The van der Waals surface area contributed by atoms with Crippen LogP contribution in [0.3, 0.4) is 0 Å². The van der Waals surface area contributed by atoms with Crippen LogP contribution in [-0.4, -0.2) is 11.6 Å². The van der Waals surface area contributed by atoms with E-state index in [0.29, 0.717) is 12.8 Å². The summed E-state index contributed by atoms with van der Waals surface area (Å²) in [6.07, 6.45) is 4.06. The first-order valence-electron chi connectivity index (χ1n) is 9.56. The molecule has 0 spiro atoms. The van der Waals surface area contributed by atoms with Gasteiger partial charge in [-0.15, -0.1) is 0 Å². The number of Topliss-reactive ketones (excluding diaryl/α,β-unsaturated/α-hetero) is 2. The Balaban J connectivity index is 1.95. The number of benzene rings is 3. The first-order chi connectivity index (χ1) is 12.6. The van der Waals surface area contributed by atoms with E-state index >= 15 is 0 Å². The molecule has 0 fully saturated rings. The Morgan fingerprint density at radius 2 is 1.46 bits per heavy atom. The van der Waals surface area contributed by atoms with Crippen molar-refractivity contribution in [3.8, 4) is 0 Å². The third-order valence-electron chi connectivity index (χ3n) is 5.25. The van der Waals surface area contributed by atoms with Crippen molar-refractivity contribution in [2.24, 2.45) is 5.92 Å². The monoisotopic (exact) mass is 346 g/mol. The highest BCUT2D eigenvalue weighted by atomic mass is 16.1. The van der Waals surface area contributed by atoms with Crippen molar-refractivity contribution in [2.45, 2.75) is 46.0 Å². The van der Waals surface area contributed by atoms with Crippen LogP contribution < -0.4 is 0 Å². The highest BCUT2D eigenvalue weighted by molar-refractivity contribution is 6.18. The Kier molecular flexibility index (Phi) is 5.82. The van der Waals surface area contributed by atoms with Gasteiger partial charge in [-0.1, -0.05) is 68.3 Å². The van der Waals surface area contributed by atoms with E-state index in [1.807, 2.05) is 36.4 Å². The van der Waals surface area contributed by atoms with Gasteiger partial charge in [0, 0.05) is 17.9 Å². The lowest BCUT2D eigenvalue weighted by molar-refractivity contribution is -0.121. The van der Waals surface area contributed by atoms with Crippen molar-refractivity contribution in [2.75, 3.05) is 0 Å². The first-order valence-corrected chi connectivity index (χ1v) is 9.56. The Hall–Kier alpha value is -2.48. The SMILES string of the molecule is CCCCC(CCC(=O)c1c2ccccc2cc2ccccc12)C(C)=O. The van der Waals surface area contributed by atoms with E-state index in [1.54, 1.807) is 6.92 Å². The molecular weight excluding hydrogens is 320 g/mol. The number of fused-ring (bicyclic) bond motifs is 2. The van der Waals surface area contributed by atoms with Gasteiger partial charge in [0.1, 0.15) is 5.78 Å². The minimum absolute atomic E-state index is 0.000130. The highest BCUT2D eigenvalue weighted by Crippen LogP contribution is 2.30. The summed E-state index contributed by atoms with van der Waals surface area (Å²) in [5, 5.41) is 4.18. The standard InChI is InChI=1S/C24H26O2/c1-3-4-9-18(17(2)25)14-15-23(26)24-21-12-7-5-10-19(21)16-20-11-6-8-13-22(20)24/h5-8,10-13,16,18H,3-4,9,14-15H2,1-2H3. The van der Waals surface area contributed by atoms with Gasteiger partial charge in [0.15, 0.2) is 5.78 Å². The van der Waals surface area contributed by atoms with Crippen LogP contribution >= 0.6 is 0 Å². The van der Waals surface area contributed by atoms with Gasteiger partial charge in [-0.05, 0) is 47.4 Å². The van der Waals surface area contributed by atoms with E-state index in [1.165, 1.54) is 0 Å². The zero-order chi connectivity index (χ0) is 18.5. The molecule has 0 radical (unpaired) electrons. The van der Waals surface area contributed by atoms with Crippen LogP contribution in [-0.2, 0) is 4.79 Å². The molecule has 0 aliphatic heterocycles. The molecule has 1 atom stereocenters. The van der Waals surface area contributed by atoms with Crippen LogP contribution in [0.15, 0.2) is 54.6 Å². The molecule has 134 valence electrons. The summed E-state index contributed by atoms with van der Waals surface area (Å²) in [5.74, 6) is 0.343. The van der Waals surface area contributed by atoms with E-state index in [9.17, 15) is 9.59 Å².